The number of benzene rings is 1. The lowest BCUT2D eigenvalue weighted by Crippen LogP contribution is -2.43. The number of nitrogens with two attached hydrogens (primary N) is 2. The van der Waals surface area contributed by atoms with E-state index in [0.29, 0.717) is 5.69 Å². The summed E-state index contributed by atoms with van der Waals surface area (Å²) < 4.78 is 14.6. The molecule has 2 aromatic heterocycles. The number of amides is 1. The molecule has 8 heteroatoms. The molecule has 4 rings (SSSR count). The van der Waals surface area contributed by atoms with E-state index in [0.717, 1.165) is 42.7 Å². The molecule has 0 radical (unpaired) electrons. The van der Waals surface area contributed by atoms with Crippen molar-refractivity contribution >= 4 is 34.1 Å². The van der Waals surface area contributed by atoms with Gasteiger partial charge in [-0.2, -0.15) is 0 Å². The average molecular weight is 394 g/mol. The van der Waals surface area contributed by atoms with Crippen molar-refractivity contribution in [2.45, 2.75) is 37.8 Å². The first-order valence-electron chi connectivity index (χ1n) is 9.65. The summed E-state index contributed by atoms with van der Waals surface area (Å²) in [5, 5.41) is 7.16. The van der Waals surface area contributed by atoms with Crippen molar-refractivity contribution in [3.8, 4) is 0 Å². The second-order valence-corrected chi connectivity index (χ2v) is 7.31. The monoisotopic (exact) mass is 394 g/mol. The molecule has 0 aliphatic heterocycles. The van der Waals surface area contributed by atoms with E-state index < -0.39 is 11.7 Å². The van der Waals surface area contributed by atoms with E-state index in [9.17, 15) is 9.18 Å². The number of anilines is 3. The number of nitrogens with zero attached hydrogens (tertiary/aromatic N) is 2. The molecule has 1 saturated carbocycles. The van der Waals surface area contributed by atoms with Gasteiger partial charge in [0.25, 0.3) is 5.91 Å². The summed E-state index contributed by atoms with van der Waals surface area (Å²) in [6, 6.07) is 10.3. The Labute approximate surface area is 167 Å². The molecule has 6 N–H and O–H groups in total. The molecule has 0 bridgehead atoms. The summed E-state index contributed by atoms with van der Waals surface area (Å²) >= 11 is 0. The fourth-order valence-electron chi connectivity index (χ4n) is 3.67. The molecule has 1 aromatic carbocycles. The molecular formula is C21H23FN6O. The SMILES string of the molecule is NC(=O)c1cc(F)c(NC2CCCC[C@@H]2N)nc1Nc1ccc2cccnc2c1. The summed E-state index contributed by atoms with van der Waals surface area (Å²) in [5.41, 5.74) is 13.0. The van der Waals surface area contributed by atoms with E-state index in [-0.39, 0.29) is 29.3 Å². The van der Waals surface area contributed by atoms with Gasteiger partial charge in [-0.25, -0.2) is 9.37 Å². The van der Waals surface area contributed by atoms with Crippen molar-refractivity contribution in [2.75, 3.05) is 10.6 Å². The highest BCUT2D eigenvalue weighted by molar-refractivity contribution is 5.99. The Balaban J connectivity index is 1.67. The van der Waals surface area contributed by atoms with Crippen molar-refractivity contribution in [2.24, 2.45) is 11.5 Å². The molecule has 150 valence electrons. The van der Waals surface area contributed by atoms with Gasteiger partial charge < -0.3 is 22.1 Å². The number of rotatable bonds is 5. The van der Waals surface area contributed by atoms with Crippen LogP contribution < -0.4 is 22.1 Å². The van der Waals surface area contributed by atoms with E-state index >= 15 is 0 Å². The molecule has 3 aromatic rings. The van der Waals surface area contributed by atoms with Crippen LogP contribution in [0.1, 0.15) is 36.0 Å². The highest BCUT2D eigenvalue weighted by atomic mass is 19.1. The van der Waals surface area contributed by atoms with E-state index in [4.69, 9.17) is 11.5 Å². The summed E-state index contributed by atoms with van der Waals surface area (Å²) in [4.78, 5) is 20.5. The largest absolute Gasteiger partial charge is 0.365 e. The van der Waals surface area contributed by atoms with Crippen LogP contribution in [0.2, 0.25) is 0 Å². The van der Waals surface area contributed by atoms with Gasteiger partial charge in [0.15, 0.2) is 11.6 Å². The predicted octanol–water partition coefficient (Wildman–Crippen LogP) is 3.29. The first-order valence-corrected chi connectivity index (χ1v) is 9.65. The number of pyridine rings is 2. The van der Waals surface area contributed by atoms with Gasteiger partial charge in [0, 0.05) is 29.4 Å². The molecule has 2 atom stereocenters. The average Bonchev–Trinajstić information content (AvgIpc) is 2.71. The number of hydrogen-bond donors (Lipinski definition) is 4. The fourth-order valence-corrected chi connectivity index (χ4v) is 3.67. The topological polar surface area (TPSA) is 119 Å². The van der Waals surface area contributed by atoms with Gasteiger partial charge in [-0.15, -0.1) is 0 Å². The smallest absolute Gasteiger partial charge is 0.252 e. The van der Waals surface area contributed by atoms with Crippen LogP contribution >= 0.6 is 0 Å². The van der Waals surface area contributed by atoms with Gasteiger partial charge in [0.2, 0.25) is 0 Å². The van der Waals surface area contributed by atoms with Crippen molar-refractivity contribution in [3.05, 3.63) is 54.0 Å². The first-order chi connectivity index (χ1) is 14.0. The standard InChI is InChI=1S/C21H23FN6O/c22-15-11-14(19(24)29)20(28-21(15)27-17-6-2-1-5-16(17)23)26-13-8-7-12-4-3-9-25-18(12)10-13/h3-4,7-11,16-17H,1-2,5-6,23H2,(H2,24,29)(H2,26,27,28)/t16-,17?/m0/s1. The fraction of sp³-hybridized carbons (Fsp3) is 0.286. The second kappa shape index (κ2) is 8.00. The molecule has 1 aliphatic carbocycles. The lowest BCUT2D eigenvalue weighted by molar-refractivity contribution is 0.100. The lowest BCUT2D eigenvalue weighted by atomic mass is 9.91. The van der Waals surface area contributed by atoms with Gasteiger partial charge in [0.05, 0.1) is 11.1 Å². The van der Waals surface area contributed by atoms with Crippen LogP contribution in [-0.4, -0.2) is 28.0 Å². The Morgan fingerprint density at radius 2 is 1.97 bits per heavy atom. The molecule has 0 saturated heterocycles. The molecule has 2 heterocycles. The number of carbonyl (C=O) groups is 1. The summed E-state index contributed by atoms with van der Waals surface area (Å²) in [6.45, 7) is 0. The van der Waals surface area contributed by atoms with Crippen LogP contribution in [-0.2, 0) is 0 Å². The molecular weight excluding hydrogens is 371 g/mol. The quantitative estimate of drug-likeness (QED) is 0.527. The van der Waals surface area contributed by atoms with Crippen LogP contribution in [0, 0.1) is 5.82 Å². The van der Waals surface area contributed by atoms with Gasteiger partial charge in [-0.1, -0.05) is 25.0 Å². The van der Waals surface area contributed by atoms with E-state index in [1.165, 1.54) is 0 Å². The van der Waals surface area contributed by atoms with Crippen molar-refractivity contribution < 1.29 is 9.18 Å². The van der Waals surface area contributed by atoms with Crippen LogP contribution in [0.4, 0.5) is 21.7 Å². The molecule has 0 spiro atoms. The zero-order valence-electron chi connectivity index (χ0n) is 15.9. The molecule has 1 unspecified atom stereocenters. The summed E-state index contributed by atoms with van der Waals surface area (Å²) in [5.74, 6) is -1.17. The molecule has 1 fully saturated rings. The number of nitrogens with one attached hydrogen (secondary N) is 2. The lowest BCUT2D eigenvalue weighted by Gasteiger charge is -2.30. The van der Waals surface area contributed by atoms with Crippen molar-refractivity contribution in [1.29, 1.82) is 0 Å². The Hall–Kier alpha value is -3.26. The highest BCUT2D eigenvalue weighted by Crippen LogP contribution is 2.27. The highest BCUT2D eigenvalue weighted by Gasteiger charge is 2.24. The van der Waals surface area contributed by atoms with Gasteiger partial charge in [-0.3, -0.25) is 9.78 Å². The third-order valence-electron chi connectivity index (χ3n) is 5.25. The maximum Gasteiger partial charge on any atom is 0.252 e. The number of primary amides is 1. The molecule has 1 amide bonds. The van der Waals surface area contributed by atoms with Gasteiger partial charge in [-0.05, 0) is 37.1 Å². The number of fused-ring (bicyclic) bond motifs is 1. The minimum absolute atomic E-state index is 0.0258. The van der Waals surface area contributed by atoms with Crippen LogP contribution in [0.15, 0.2) is 42.6 Å². The zero-order chi connectivity index (χ0) is 20.4. The third kappa shape index (κ3) is 4.12. The van der Waals surface area contributed by atoms with Gasteiger partial charge in [0.1, 0.15) is 5.82 Å². The maximum atomic E-state index is 14.6. The molecule has 29 heavy (non-hydrogen) atoms. The van der Waals surface area contributed by atoms with Crippen molar-refractivity contribution in [3.63, 3.8) is 0 Å². The Morgan fingerprint density at radius 3 is 2.76 bits per heavy atom. The van der Waals surface area contributed by atoms with Crippen LogP contribution in [0.5, 0.6) is 0 Å². The minimum Gasteiger partial charge on any atom is -0.365 e. The summed E-state index contributed by atoms with van der Waals surface area (Å²) in [6.07, 6.45) is 5.53. The number of hydrogen-bond acceptors (Lipinski definition) is 6. The Bertz CT molecular complexity index is 1060. The van der Waals surface area contributed by atoms with E-state index in [2.05, 4.69) is 20.6 Å². The van der Waals surface area contributed by atoms with Crippen LogP contribution in [0.25, 0.3) is 10.9 Å². The number of carbonyl (C=O) groups excluding carboxylic acids is 1. The first kappa shape index (κ1) is 19.1. The zero-order valence-corrected chi connectivity index (χ0v) is 15.9. The molecule has 7 nitrogen and oxygen atoms in total. The number of aromatic nitrogens is 2. The Morgan fingerprint density at radius 1 is 1.14 bits per heavy atom. The van der Waals surface area contributed by atoms with Gasteiger partial charge >= 0.3 is 0 Å². The Kier molecular flexibility index (Phi) is 5.26. The number of halogens is 1. The van der Waals surface area contributed by atoms with E-state index in [1.54, 1.807) is 6.20 Å². The maximum absolute atomic E-state index is 14.6. The third-order valence-corrected chi connectivity index (χ3v) is 5.25. The van der Waals surface area contributed by atoms with Crippen LogP contribution in [0.3, 0.4) is 0 Å². The predicted molar refractivity (Wildman–Crippen MR) is 112 cm³/mol. The second-order valence-electron chi connectivity index (χ2n) is 7.31. The van der Waals surface area contributed by atoms with Crippen molar-refractivity contribution in [1.82, 2.24) is 9.97 Å². The normalized spacial score (nSPS) is 19.1. The summed E-state index contributed by atoms with van der Waals surface area (Å²) in [7, 11) is 0. The van der Waals surface area contributed by atoms with E-state index in [1.807, 2.05) is 30.3 Å². The molecule has 1 aliphatic rings. The minimum atomic E-state index is -0.765.